The Morgan fingerprint density at radius 2 is 1.73 bits per heavy atom. The van der Waals surface area contributed by atoms with E-state index in [2.05, 4.69) is 19.6 Å². The van der Waals surface area contributed by atoms with Crippen molar-refractivity contribution in [1.82, 2.24) is 4.90 Å². The van der Waals surface area contributed by atoms with Crippen LogP contribution in [0.1, 0.15) is 27.2 Å². The first-order valence-electron chi connectivity index (χ1n) is 5.49. The first-order valence-corrected chi connectivity index (χ1v) is 6.12. The number of imide groups is 1. The molecule has 1 aliphatic heterocycles. The van der Waals surface area contributed by atoms with Crippen molar-refractivity contribution in [2.45, 2.75) is 27.2 Å². The lowest BCUT2D eigenvalue weighted by atomic mass is 10.00. The molecule has 2 amide bonds. The van der Waals surface area contributed by atoms with E-state index in [1.807, 2.05) is 13.8 Å². The first kappa shape index (κ1) is 12.6. The normalized spacial score (nSPS) is 28.7. The molecule has 15 heavy (non-hydrogen) atoms. The van der Waals surface area contributed by atoms with E-state index in [9.17, 15) is 9.59 Å². The molecule has 4 heteroatoms. The predicted molar refractivity (Wildman–Crippen MR) is 62.7 cm³/mol. The Morgan fingerprint density at radius 1 is 1.27 bits per heavy atom. The van der Waals surface area contributed by atoms with Crippen LogP contribution in [0.15, 0.2) is 0 Å². The summed E-state index contributed by atoms with van der Waals surface area (Å²) in [4.78, 5) is 25.0. The SMILES string of the molecule is CCC(CS)CN1C(=O)C(C)C(C)C1=O. The van der Waals surface area contributed by atoms with Gasteiger partial charge in [0.2, 0.25) is 11.8 Å². The number of nitrogens with zero attached hydrogens (tertiary/aromatic N) is 1. The van der Waals surface area contributed by atoms with Crippen LogP contribution in [0.5, 0.6) is 0 Å². The summed E-state index contributed by atoms with van der Waals surface area (Å²) >= 11 is 4.22. The van der Waals surface area contributed by atoms with Gasteiger partial charge in [0.05, 0.1) is 0 Å². The van der Waals surface area contributed by atoms with Crippen molar-refractivity contribution in [2.75, 3.05) is 12.3 Å². The summed E-state index contributed by atoms with van der Waals surface area (Å²) in [6.07, 6.45) is 0.948. The topological polar surface area (TPSA) is 37.4 Å². The van der Waals surface area contributed by atoms with E-state index in [-0.39, 0.29) is 23.7 Å². The van der Waals surface area contributed by atoms with Crippen LogP contribution in [0, 0.1) is 17.8 Å². The lowest BCUT2D eigenvalue weighted by molar-refractivity contribution is -0.140. The van der Waals surface area contributed by atoms with Crippen LogP contribution in [0.25, 0.3) is 0 Å². The zero-order valence-corrected chi connectivity index (χ0v) is 10.5. The van der Waals surface area contributed by atoms with Gasteiger partial charge in [0.25, 0.3) is 0 Å². The Bertz CT molecular complexity index is 243. The highest BCUT2D eigenvalue weighted by atomic mass is 32.1. The molecule has 1 heterocycles. The minimum absolute atomic E-state index is 0.0206. The number of amides is 2. The summed E-state index contributed by atoms with van der Waals surface area (Å²) in [6.45, 7) is 6.24. The molecule has 86 valence electrons. The van der Waals surface area contributed by atoms with Gasteiger partial charge in [-0.15, -0.1) is 0 Å². The van der Waals surface area contributed by atoms with Gasteiger partial charge in [-0.05, 0) is 11.7 Å². The Labute approximate surface area is 96.6 Å². The molecule has 1 rings (SSSR count). The fourth-order valence-electron chi connectivity index (χ4n) is 1.78. The van der Waals surface area contributed by atoms with Crippen molar-refractivity contribution in [3.63, 3.8) is 0 Å². The molecule has 0 saturated carbocycles. The number of rotatable bonds is 4. The molecule has 0 bridgehead atoms. The maximum absolute atomic E-state index is 11.8. The lowest BCUT2D eigenvalue weighted by Crippen LogP contribution is -2.35. The van der Waals surface area contributed by atoms with Gasteiger partial charge < -0.3 is 0 Å². The van der Waals surface area contributed by atoms with Crippen molar-refractivity contribution >= 4 is 24.4 Å². The van der Waals surface area contributed by atoms with Crippen molar-refractivity contribution in [3.05, 3.63) is 0 Å². The Kier molecular flexibility index (Phi) is 4.20. The van der Waals surface area contributed by atoms with Crippen molar-refractivity contribution in [1.29, 1.82) is 0 Å². The van der Waals surface area contributed by atoms with Gasteiger partial charge in [0.15, 0.2) is 0 Å². The number of hydrogen-bond donors (Lipinski definition) is 1. The molecule has 0 spiro atoms. The van der Waals surface area contributed by atoms with E-state index in [1.165, 1.54) is 4.90 Å². The number of carbonyl (C=O) groups excluding carboxylic acids is 2. The zero-order chi connectivity index (χ0) is 11.6. The molecule has 0 aromatic carbocycles. The molecule has 1 aliphatic rings. The third-order valence-electron chi connectivity index (χ3n) is 3.34. The molecular formula is C11H19NO2S. The maximum Gasteiger partial charge on any atom is 0.232 e. The second kappa shape index (κ2) is 5.01. The molecule has 3 atom stereocenters. The van der Waals surface area contributed by atoms with E-state index >= 15 is 0 Å². The van der Waals surface area contributed by atoms with Crippen LogP contribution in [0.3, 0.4) is 0 Å². The minimum atomic E-state index is -0.157. The average Bonchev–Trinajstić information content (AvgIpc) is 2.42. The van der Waals surface area contributed by atoms with E-state index in [4.69, 9.17) is 0 Å². The minimum Gasteiger partial charge on any atom is -0.282 e. The first-order chi connectivity index (χ1) is 7.02. The highest BCUT2D eigenvalue weighted by Crippen LogP contribution is 2.26. The highest BCUT2D eigenvalue weighted by Gasteiger charge is 2.42. The third kappa shape index (κ3) is 2.36. The molecule has 1 saturated heterocycles. The summed E-state index contributed by atoms with van der Waals surface area (Å²) in [6, 6.07) is 0. The molecule has 3 unspecified atom stereocenters. The molecule has 0 aliphatic carbocycles. The van der Waals surface area contributed by atoms with Crippen LogP contribution in [0.4, 0.5) is 0 Å². The molecule has 0 aromatic rings. The molecule has 0 aromatic heterocycles. The molecule has 3 nitrogen and oxygen atoms in total. The van der Waals surface area contributed by atoms with Crippen LogP contribution in [-0.4, -0.2) is 29.0 Å². The van der Waals surface area contributed by atoms with Crippen LogP contribution < -0.4 is 0 Å². The van der Waals surface area contributed by atoms with Crippen LogP contribution >= 0.6 is 12.6 Å². The van der Waals surface area contributed by atoms with Crippen molar-refractivity contribution < 1.29 is 9.59 Å². The van der Waals surface area contributed by atoms with Gasteiger partial charge in [-0.25, -0.2) is 0 Å². The van der Waals surface area contributed by atoms with Gasteiger partial charge >= 0.3 is 0 Å². The smallest absolute Gasteiger partial charge is 0.232 e. The number of carbonyl (C=O) groups is 2. The van der Waals surface area contributed by atoms with Gasteiger partial charge in [0, 0.05) is 18.4 Å². The Balaban J connectivity index is 2.70. The second-order valence-corrected chi connectivity index (χ2v) is 4.69. The summed E-state index contributed by atoms with van der Waals surface area (Å²) in [5.74, 6) is 0.681. The molecular weight excluding hydrogens is 210 g/mol. The predicted octanol–water partition coefficient (Wildman–Crippen LogP) is 1.58. The summed E-state index contributed by atoms with van der Waals surface area (Å²) in [5, 5.41) is 0. The Hall–Kier alpha value is -0.510. The fraction of sp³-hybridized carbons (Fsp3) is 0.818. The molecule has 1 fully saturated rings. The number of thiol groups is 1. The van der Waals surface area contributed by atoms with Gasteiger partial charge in [0.1, 0.15) is 0 Å². The van der Waals surface area contributed by atoms with Crippen LogP contribution in [0.2, 0.25) is 0 Å². The van der Waals surface area contributed by atoms with E-state index in [1.54, 1.807) is 0 Å². The highest BCUT2D eigenvalue weighted by molar-refractivity contribution is 7.80. The largest absolute Gasteiger partial charge is 0.282 e. The van der Waals surface area contributed by atoms with Crippen molar-refractivity contribution in [3.8, 4) is 0 Å². The number of hydrogen-bond acceptors (Lipinski definition) is 3. The summed E-state index contributed by atoms with van der Waals surface area (Å²) in [7, 11) is 0. The van der Waals surface area contributed by atoms with E-state index in [0.717, 1.165) is 12.2 Å². The molecule has 0 radical (unpaired) electrons. The van der Waals surface area contributed by atoms with Gasteiger partial charge in [-0.1, -0.05) is 27.2 Å². The van der Waals surface area contributed by atoms with Crippen LogP contribution in [-0.2, 0) is 9.59 Å². The van der Waals surface area contributed by atoms with Crippen molar-refractivity contribution in [2.24, 2.45) is 17.8 Å². The Morgan fingerprint density at radius 3 is 2.07 bits per heavy atom. The van der Waals surface area contributed by atoms with E-state index in [0.29, 0.717) is 12.5 Å². The quantitative estimate of drug-likeness (QED) is 0.587. The average molecular weight is 229 g/mol. The maximum atomic E-state index is 11.8. The third-order valence-corrected chi connectivity index (χ3v) is 3.85. The second-order valence-electron chi connectivity index (χ2n) is 4.32. The lowest BCUT2D eigenvalue weighted by Gasteiger charge is -2.20. The van der Waals surface area contributed by atoms with Gasteiger partial charge in [-0.3, -0.25) is 14.5 Å². The number of likely N-dealkylation sites (tertiary alicyclic amines) is 1. The van der Waals surface area contributed by atoms with Gasteiger partial charge in [-0.2, -0.15) is 12.6 Å². The standard InChI is InChI=1S/C11H19NO2S/c1-4-9(6-15)5-12-10(13)7(2)8(3)11(12)14/h7-9,15H,4-6H2,1-3H3. The monoisotopic (exact) mass is 229 g/mol. The zero-order valence-electron chi connectivity index (χ0n) is 9.56. The summed E-state index contributed by atoms with van der Waals surface area (Å²) < 4.78 is 0. The van der Waals surface area contributed by atoms with E-state index < -0.39 is 0 Å². The fourth-order valence-corrected chi connectivity index (χ4v) is 2.16. The molecule has 0 N–H and O–H groups in total. The summed E-state index contributed by atoms with van der Waals surface area (Å²) in [5.41, 5.74) is 0.